The fourth-order valence-corrected chi connectivity index (χ4v) is 3.38. The molecule has 1 aliphatic carbocycles. The standard InChI is InChI=1S/C15H25FN4O/c16-7-10-20-15(17-12-18-20)11-19-8-5-14(6-9-19)21-13-3-1-2-4-13/h12-14H,1-11H2. The van der Waals surface area contributed by atoms with Crippen LogP contribution in [0.2, 0.25) is 0 Å². The Balaban J connectivity index is 1.43. The number of nitrogens with zero attached hydrogens (tertiary/aromatic N) is 4. The number of hydrogen-bond donors (Lipinski definition) is 0. The minimum absolute atomic E-state index is 0.302. The first-order chi connectivity index (χ1) is 10.3. The lowest BCUT2D eigenvalue weighted by atomic mass is 10.1. The zero-order valence-electron chi connectivity index (χ0n) is 12.6. The predicted molar refractivity (Wildman–Crippen MR) is 77.6 cm³/mol. The number of halogens is 1. The Hall–Kier alpha value is -1.01. The van der Waals surface area contributed by atoms with Crippen molar-refractivity contribution in [2.24, 2.45) is 0 Å². The van der Waals surface area contributed by atoms with Crippen LogP contribution in [0, 0.1) is 0 Å². The summed E-state index contributed by atoms with van der Waals surface area (Å²) in [6.45, 7) is 2.72. The van der Waals surface area contributed by atoms with Crippen LogP contribution in [-0.2, 0) is 17.8 Å². The predicted octanol–water partition coefficient (Wildman–Crippen LogP) is 2.17. The Bertz CT molecular complexity index is 425. The normalized spacial score (nSPS) is 22.1. The van der Waals surface area contributed by atoms with Crippen molar-refractivity contribution in [2.45, 2.75) is 63.8 Å². The van der Waals surface area contributed by atoms with Crippen LogP contribution in [0.4, 0.5) is 4.39 Å². The van der Waals surface area contributed by atoms with Gasteiger partial charge in [0.1, 0.15) is 18.8 Å². The van der Waals surface area contributed by atoms with Crippen molar-refractivity contribution in [1.29, 1.82) is 0 Å². The van der Waals surface area contributed by atoms with Gasteiger partial charge in [-0.1, -0.05) is 12.8 Å². The van der Waals surface area contributed by atoms with E-state index in [1.807, 2.05) is 0 Å². The molecule has 5 nitrogen and oxygen atoms in total. The molecule has 1 aliphatic heterocycles. The molecule has 1 saturated carbocycles. The molecule has 0 aromatic carbocycles. The van der Waals surface area contributed by atoms with Crippen molar-refractivity contribution in [3.8, 4) is 0 Å². The van der Waals surface area contributed by atoms with Crippen LogP contribution in [0.15, 0.2) is 6.33 Å². The van der Waals surface area contributed by atoms with E-state index in [0.717, 1.165) is 38.3 Å². The molecule has 21 heavy (non-hydrogen) atoms. The lowest BCUT2D eigenvalue weighted by Crippen LogP contribution is -2.38. The first-order valence-electron chi connectivity index (χ1n) is 8.15. The summed E-state index contributed by atoms with van der Waals surface area (Å²) in [5, 5.41) is 4.07. The Morgan fingerprint density at radius 2 is 1.86 bits per heavy atom. The molecule has 0 unspecified atom stereocenters. The Kier molecular flexibility index (Phi) is 5.19. The summed E-state index contributed by atoms with van der Waals surface area (Å²) >= 11 is 0. The third kappa shape index (κ3) is 4.01. The SMILES string of the molecule is FCCn1ncnc1CN1CCC(OC2CCCC2)CC1. The third-order valence-corrected chi connectivity index (χ3v) is 4.58. The van der Waals surface area contributed by atoms with E-state index in [2.05, 4.69) is 15.0 Å². The minimum Gasteiger partial charge on any atom is -0.375 e. The first kappa shape index (κ1) is 14.9. The minimum atomic E-state index is -0.395. The second-order valence-corrected chi connectivity index (χ2v) is 6.11. The van der Waals surface area contributed by atoms with Crippen molar-refractivity contribution < 1.29 is 9.13 Å². The molecule has 0 amide bonds. The van der Waals surface area contributed by atoms with E-state index in [1.54, 1.807) is 4.68 Å². The van der Waals surface area contributed by atoms with E-state index >= 15 is 0 Å². The average molecular weight is 296 g/mol. The van der Waals surface area contributed by atoms with Crippen molar-refractivity contribution in [3.63, 3.8) is 0 Å². The van der Waals surface area contributed by atoms with Gasteiger partial charge in [-0.15, -0.1) is 0 Å². The van der Waals surface area contributed by atoms with Gasteiger partial charge >= 0.3 is 0 Å². The molecule has 2 aliphatic rings. The largest absolute Gasteiger partial charge is 0.375 e. The Morgan fingerprint density at radius 1 is 1.14 bits per heavy atom. The van der Waals surface area contributed by atoms with Gasteiger partial charge in [-0.05, 0) is 25.7 Å². The van der Waals surface area contributed by atoms with Crippen LogP contribution in [0.1, 0.15) is 44.3 Å². The number of likely N-dealkylation sites (tertiary alicyclic amines) is 1. The van der Waals surface area contributed by atoms with Crippen molar-refractivity contribution in [3.05, 3.63) is 12.2 Å². The Labute approximate surface area is 125 Å². The number of piperidine rings is 1. The summed E-state index contributed by atoms with van der Waals surface area (Å²) in [6, 6.07) is 0. The molecule has 0 radical (unpaired) electrons. The van der Waals surface area contributed by atoms with E-state index in [-0.39, 0.29) is 0 Å². The molecule has 1 aromatic heterocycles. The molecule has 1 aromatic rings. The van der Waals surface area contributed by atoms with E-state index in [9.17, 15) is 4.39 Å². The molecule has 0 atom stereocenters. The van der Waals surface area contributed by atoms with Crippen LogP contribution >= 0.6 is 0 Å². The monoisotopic (exact) mass is 296 g/mol. The molecule has 0 bridgehead atoms. The van der Waals surface area contributed by atoms with Gasteiger partial charge < -0.3 is 4.74 Å². The molecule has 0 N–H and O–H groups in total. The molecule has 6 heteroatoms. The highest BCUT2D eigenvalue weighted by atomic mass is 19.1. The summed E-state index contributed by atoms with van der Waals surface area (Å²) in [5.41, 5.74) is 0. The van der Waals surface area contributed by atoms with Crippen molar-refractivity contribution >= 4 is 0 Å². The molecule has 2 fully saturated rings. The molecule has 0 spiro atoms. The summed E-state index contributed by atoms with van der Waals surface area (Å²) < 4.78 is 20.3. The highest BCUT2D eigenvalue weighted by molar-refractivity contribution is 4.86. The lowest BCUT2D eigenvalue weighted by Gasteiger charge is -2.33. The van der Waals surface area contributed by atoms with Gasteiger partial charge in [0.25, 0.3) is 0 Å². The van der Waals surface area contributed by atoms with E-state index < -0.39 is 6.67 Å². The number of aromatic nitrogens is 3. The zero-order chi connectivity index (χ0) is 14.5. The number of aryl methyl sites for hydroxylation is 1. The zero-order valence-corrected chi connectivity index (χ0v) is 12.6. The first-order valence-corrected chi connectivity index (χ1v) is 8.15. The van der Waals surface area contributed by atoms with Crippen molar-refractivity contribution in [1.82, 2.24) is 19.7 Å². The number of hydrogen-bond acceptors (Lipinski definition) is 4. The van der Waals surface area contributed by atoms with E-state index in [4.69, 9.17) is 4.74 Å². The van der Waals surface area contributed by atoms with Gasteiger partial charge in [0.15, 0.2) is 0 Å². The van der Waals surface area contributed by atoms with E-state index in [0.29, 0.717) is 18.8 Å². The van der Waals surface area contributed by atoms with Gasteiger partial charge in [-0.25, -0.2) is 14.1 Å². The van der Waals surface area contributed by atoms with Gasteiger partial charge in [0.05, 0.1) is 25.3 Å². The van der Waals surface area contributed by atoms with Gasteiger partial charge in [0.2, 0.25) is 0 Å². The van der Waals surface area contributed by atoms with Crippen LogP contribution in [0.5, 0.6) is 0 Å². The van der Waals surface area contributed by atoms with Crippen molar-refractivity contribution in [2.75, 3.05) is 19.8 Å². The summed E-state index contributed by atoms with van der Waals surface area (Å²) in [7, 11) is 0. The molecule has 2 heterocycles. The number of alkyl halides is 1. The second kappa shape index (κ2) is 7.31. The highest BCUT2D eigenvalue weighted by Gasteiger charge is 2.25. The fraction of sp³-hybridized carbons (Fsp3) is 0.867. The molecular weight excluding hydrogens is 271 g/mol. The number of rotatable bonds is 6. The third-order valence-electron chi connectivity index (χ3n) is 4.58. The fourth-order valence-electron chi connectivity index (χ4n) is 3.38. The average Bonchev–Trinajstić information content (AvgIpc) is 3.14. The molecule has 118 valence electrons. The molecule has 1 saturated heterocycles. The van der Waals surface area contributed by atoms with Crippen LogP contribution in [0.3, 0.4) is 0 Å². The van der Waals surface area contributed by atoms with E-state index in [1.165, 1.54) is 32.0 Å². The quantitative estimate of drug-likeness (QED) is 0.807. The second-order valence-electron chi connectivity index (χ2n) is 6.11. The molecule has 3 rings (SSSR count). The smallest absolute Gasteiger partial charge is 0.141 e. The maximum atomic E-state index is 12.4. The highest BCUT2D eigenvalue weighted by Crippen LogP contribution is 2.25. The van der Waals surface area contributed by atoms with Gasteiger partial charge in [0, 0.05) is 13.1 Å². The number of ether oxygens (including phenoxy) is 1. The van der Waals surface area contributed by atoms with Crippen LogP contribution < -0.4 is 0 Å². The summed E-state index contributed by atoms with van der Waals surface area (Å²) in [4.78, 5) is 6.61. The maximum Gasteiger partial charge on any atom is 0.141 e. The Morgan fingerprint density at radius 3 is 2.57 bits per heavy atom. The lowest BCUT2D eigenvalue weighted by molar-refractivity contribution is -0.0403. The van der Waals surface area contributed by atoms with Crippen LogP contribution in [0.25, 0.3) is 0 Å². The topological polar surface area (TPSA) is 43.2 Å². The van der Waals surface area contributed by atoms with Gasteiger partial charge in [-0.3, -0.25) is 4.90 Å². The summed E-state index contributed by atoms with van der Waals surface area (Å²) in [6.07, 6.45) is 9.77. The maximum absolute atomic E-state index is 12.4. The van der Waals surface area contributed by atoms with Gasteiger partial charge in [-0.2, -0.15) is 5.10 Å². The molecular formula is C15H25FN4O. The summed E-state index contributed by atoms with van der Waals surface area (Å²) in [5.74, 6) is 0.864. The van der Waals surface area contributed by atoms with Crippen LogP contribution in [-0.4, -0.2) is 51.6 Å².